The molecule has 0 atom stereocenters. The van der Waals surface area contributed by atoms with Gasteiger partial charge in [0.1, 0.15) is 6.54 Å². The van der Waals surface area contributed by atoms with E-state index in [-0.39, 0.29) is 19.0 Å². The molecule has 1 rings (SSSR count). The van der Waals surface area contributed by atoms with Crippen molar-refractivity contribution in [2.24, 2.45) is 0 Å². The number of anilines is 1. The minimum Gasteiger partial charge on any atom is -0.480 e. The number of hydrogen-bond donors (Lipinski definition) is 2. The molecule has 0 saturated carbocycles. The van der Waals surface area contributed by atoms with Crippen LogP contribution in [-0.2, 0) is 9.59 Å². The summed E-state index contributed by atoms with van der Waals surface area (Å²) in [5.74, 6) is -1.43. The SMILES string of the molecule is C=CCN(CC(=O)O)C(=O)/C=C/c1ccc(N)cc1. The van der Waals surface area contributed by atoms with Crippen molar-refractivity contribution >= 4 is 23.6 Å². The summed E-state index contributed by atoms with van der Waals surface area (Å²) >= 11 is 0. The summed E-state index contributed by atoms with van der Waals surface area (Å²) in [6.07, 6.45) is 4.43. The van der Waals surface area contributed by atoms with E-state index in [9.17, 15) is 9.59 Å². The van der Waals surface area contributed by atoms with E-state index in [1.807, 2.05) is 0 Å². The number of amides is 1. The lowest BCUT2D eigenvalue weighted by molar-refractivity contribution is -0.142. The maximum absolute atomic E-state index is 11.8. The van der Waals surface area contributed by atoms with Crippen molar-refractivity contribution in [3.8, 4) is 0 Å². The van der Waals surface area contributed by atoms with Gasteiger partial charge >= 0.3 is 5.97 Å². The smallest absolute Gasteiger partial charge is 0.323 e. The maximum atomic E-state index is 11.8. The molecule has 0 unspecified atom stereocenters. The van der Waals surface area contributed by atoms with E-state index in [1.165, 1.54) is 17.1 Å². The zero-order valence-electron chi connectivity index (χ0n) is 10.5. The number of hydrogen-bond acceptors (Lipinski definition) is 3. The standard InChI is InChI=1S/C14H16N2O3/c1-2-9-16(10-14(18)19)13(17)8-5-11-3-6-12(15)7-4-11/h2-8H,1,9-10,15H2,(H,18,19)/b8-5+. The molecule has 0 spiro atoms. The summed E-state index contributed by atoms with van der Waals surface area (Å²) in [6.45, 7) is 3.33. The molecule has 5 nitrogen and oxygen atoms in total. The van der Waals surface area contributed by atoms with Gasteiger partial charge in [-0.05, 0) is 23.8 Å². The number of rotatable bonds is 6. The van der Waals surface area contributed by atoms with Gasteiger partial charge in [-0.25, -0.2) is 0 Å². The highest BCUT2D eigenvalue weighted by Gasteiger charge is 2.12. The molecular formula is C14H16N2O3. The van der Waals surface area contributed by atoms with Crippen LogP contribution in [0.5, 0.6) is 0 Å². The summed E-state index contributed by atoms with van der Waals surface area (Å²) in [5, 5.41) is 8.71. The predicted octanol–water partition coefficient (Wildman–Crippen LogP) is 1.38. The van der Waals surface area contributed by atoms with Crippen molar-refractivity contribution in [2.45, 2.75) is 0 Å². The van der Waals surface area contributed by atoms with Gasteiger partial charge in [0.15, 0.2) is 0 Å². The van der Waals surface area contributed by atoms with Crippen LogP contribution in [-0.4, -0.2) is 35.0 Å². The Morgan fingerprint density at radius 2 is 1.95 bits per heavy atom. The fourth-order valence-electron chi connectivity index (χ4n) is 1.43. The van der Waals surface area contributed by atoms with E-state index in [0.717, 1.165) is 5.56 Å². The van der Waals surface area contributed by atoms with Gasteiger partial charge in [0.2, 0.25) is 5.91 Å². The topological polar surface area (TPSA) is 83.6 Å². The second-order valence-electron chi connectivity index (χ2n) is 3.90. The van der Waals surface area contributed by atoms with Crippen molar-refractivity contribution < 1.29 is 14.7 Å². The molecule has 0 heterocycles. The van der Waals surface area contributed by atoms with E-state index in [1.54, 1.807) is 30.3 Å². The second kappa shape index (κ2) is 7.00. The van der Waals surface area contributed by atoms with Crippen LogP contribution in [0.3, 0.4) is 0 Å². The molecule has 0 aliphatic rings. The molecule has 0 aliphatic heterocycles. The van der Waals surface area contributed by atoms with Crippen LogP contribution < -0.4 is 5.73 Å². The Balaban J connectivity index is 2.72. The van der Waals surface area contributed by atoms with Gasteiger partial charge in [-0.3, -0.25) is 9.59 Å². The minimum atomic E-state index is -1.06. The second-order valence-corrected chi connectivity index (χ2v) is 3.90. The molecule has 0 aliphatic carbocycles. The normalized spacial score (nSPS) is 10.3. The molecule has 0 bridgehead atoms. The van der Waals surface area contributed by atoms with Gasteiger partial charge < -0.3 is 15.7 Å². The van der Waals surface area contributed by atoms with Crippen molar-refractivity contribution in [3.63, 3.8) is 0 Å². The summed E-state index contributed by atoms with van der Waals surface area (Å²) in [4.78, 5) is 23.6. The zero-order chi connectivity index (χ0) is 14.3. The van der Waals surface area contributed by atoms with Crippen LogP contribution in [0.2, 0.25) is 0 Å². The molecule has 0 fully saturated rings. The van der Waals surface area contributed by atoms with Crippen molar-refractivity contribution in [1.82, 2.24) is 4.90 Å². The van der Waals surface area contributed by atoms with Gasteiger partial charge in [-0.15, -0.1) is 6.58 Å². The number of aliphatic carboxylic acids is 1. The number of carbonyl (C=O) groups excluding carboxylic acids is 1. The zero-order valence-corrected chi connectivity index (χ0v) is 10.5. The Hall–Kier alpha value is -2.56. The van der Waals surface area contributed by atoms with E-state index in [0.29, 0.717) is 5.69 Å². The number of nitrogens with zero attached hydrogens (tertiary/aromatic N) is 1. The molecule has 3 N–H and O–H groups in total. The van der Waals surface area contributed by atoms with Gasteiger partial charge in [-0.1, -0.05) is 18.2 Å². The Morgan fingerprint density at radius 1 is 1.32 bits per heavy atom. The Kier molecular flexibility index (Phi) is 5.35. The fraction of sp³-hybridized carbons (Fsp3) is 0.143. The van der Waals surface area contributed by atoms with Crippen LogP contribution in [0, 0.1) is 0 Å². The number of carboxylic acid groups (broad SMARTS) is 1. The molecule has 1 aromatic rings. The van der Waals surface area contributed by atoms with Crippen molar-refractivity contribution in [1.29, 1.82) is 0 Å². The monoisotopic (exact) mass is 260 g/mol. The van der Waals surface area contributed by atoms with Crippen molar-refractivity contribution in [2.75, 3.05) is 18.8 Å². The van der Waals surface area contributed by atoms with E-state index in [4.69, 9.17) is 10.8 Å². The fourth-order valence-corrected chi connectivity index (χ4v) is 1.43. The Morgan fingerprint density at radius 3 is 2.47 bits per heavy atom. The van der Waals surface area contributed by atoms with Gasteiger partial charge in [-0.2, -0.15) is 0 Å². The van der Waals surface area contributed by atoms with Crippen LogP contribution in [0.15, 0.2) is 43.0 Å². The summed E-state index contributed by atoms with van der Waals surface area (Å²) in [5.41, 5.74) is 7.01. The third kappa shape index (κ3) is 5.08. The average Bonchev–Trinajstić information content (AvgIpc) is 2.37. The highest BCUT2D eigenvalue weighted by atomic mass is 16.4. The lowest BCUT2D eigenvalue weighted by atomic mass is 10.2. The highest BCUT2D eigenvalue weighted by molar-refractivity contribution is 5.93. The lowest BCUT2D eigenvalue weighted by Crippen LogP contribution is -2.34. The van der Waals surface area contributed by atoms with Crippen molar-refractivity contribution in [3.05, 3.63) is 48.6 Å². The summed E-state index contributed by atoms with van der Waals surface area (Å²) in [6, 6.07) is 6.99. The Bertz CT molecular complexity index is 492. The number of carboxylic acids is 1. The molecule has 1 aromatic carbocycles. The Labute approximate surface area is 111 Å². The van der Waals surface area contributed by atoms with Gasteiger partial charge in [0, 0.05) is 18.3 Å². The van der Waals surface area contributed by atoms with E-state index in [2.05, 4.69) is 6.58 Å². The molecule has 5 heteroatoms. The number of nitrogens with two attached hydrogens (primary N) is 1. The molecular weight excluding hydrogens is 244 g/mol. The number of benzene rings is 1. The third-order valence-electron chi connectivity index (χ3n) is 2.34. The van der Waals surface area contributed by atoms with E-state index >= 15 is 0 Å². The lowest BCUT2D eigenvalue weighted by Gasteiger charge is -2.16. The molecule has 1 amide bonds. The summed E-state index contributed by atoms with van der Waals surface area (Å²) < 4.78 is 0. The first kappa shape index (κ1) is 14.5. The van der Waals surface area contributed by atoms with E-state index < -0.39 is 5.97 Å². The minimum absolute atomic E-state index is 0.192. The van der Waals surface area contributed by atoms with Crippen LogP contribution in [0.4, 0.5) is 5.69 Å². The first-order valence-electron chi connectivity index (χ1n) is 5.68. The number of nitrogen functional groups attached to an aromatic ring is 1. The van der Waals surface area contributed by atoms with Crippen LogP contribution in [0.1, 0.15) is 5.56 Å². The largest absolute Gasteiger partial charge is 0.480 e. The third-order valence-corrected chi connectivity index (χ3v) is 2.34. The number of carbonyl (C=O) groups is 2. The maximum Gasteiger partial charge on any atom is 0.323 e. The van der Waals surface area contributed by atoms with Gasteiger partial charge in [0.25, 0.3) is 0 Å². The first-order valence-corrected chi connectivity index (χ1v) is 5.68. The van der Waals surface area contributed by atoms with Crippen LogP contribution in [0.25, 0.3) is 6.08 Å². The molecule has 19 heavy (non-hydrogen) atoms. The average molecular weight is 260 g/mol. The van der Waals surface area contributed by atoms with Gasteiger partial charge in [0.05, 0.1) is 0 Å². The quantitative estimate of drug-likeness (QED) is 0.460. The molecule has 0 aromatic heterocycles. The summed E-state index contributed by atoms with van der Waals surface area (Å²) in [7, 11) is 0. The predicted molar refractivity (Wildman–Crippen MR) is 74.3 cm³/mol. The molecule has 0 radical (unpaired) electrons. The highest BCUT2D eigenvalue weighted by Crippen LogP contribution is 2.07. The molecule has 100 valence electrons. The van der Waals surface area contributed by atoms with Crippen LogP contribution >= 0.6 is 0 Å². The molecule has 0 saturated heterocycles. The first-order chi connectivity index (χ1) is 9.02.